The Kier molecular flexibility index (Phi) is 2.94. The third-order valence-corrected chi connectivity index (χ3v) is 3.71. The topological polar surface area (TPSA) is 37.8 Å². The van der Waals surface area contributed by atoms with Crippen molar-refractivity contribution in [3.05, 3.63) is 52.6 Å². The standard InChI is InChI=1S/C14H13N3S/c1-10-9-18-14(17-10)8-16-13-6-7-15-12-5-3-2-4-11(12)13/h2-7,9H,8H2,1H3,(H,15,16). The highest BCUT2D eigenvalue weighted by molar-refractivity contribution is 7.09. The summed E-state index contributed by atoms with van der Waals surface area (Å²) < 4.78 is 0. The molecule has 0 aliphatic carbocycles. The van der Waals surface area contributed by atoms with Crippen LogP contribution in [0.3, 0.4) is 0 Å². The lowest BCUT2D eigenvalue weighted by Gasteiger charge is -2.07. The van der Waals surface area contributed by atoms with Crippen molar-refractivity contribution in [1.82, 2.24) is 9.97 Å². The van der Waals surface area contributed by atoms with Crippen LogP contribution < -0.4 is 5.32 Å². The fourth-order valence-electron chi connectivity index (χ4n) is 1.90. The maximum Gasteiger partial charge on any atom is 0.112 e. The van der Waals surface area contributed by atoms with Gasteiger partial charge in [0.15, 0.2) is 0 Å². The maximum atomic E-state index is 4.45. The summed E-state index contributed by atoms with van der Waals surface area (Å²) in [6.07, 6.45) is 1.83. The smallest absolute Gasteiger partial charge is 0.112 e. The quantitative estimate of drug-likeness (QED) is 0.777. The van der Waals surface area contributed by atoms with Crippen LogP contribution in [0.5, 0.6) is 0 Å². The van der Waals surface area contributed by atoms with E-state index >= 15 is 0 Å². The number of benzene rings is 1. The van der Waals surface area contributed by atoms with Gasteiger partial charge in [0, 0.05) is 28.3 Å². The predicted octanol–water partition coefficient (Wildman–Crippen LogP) is 3.61. The van der Waals surface area contributed by atoms with E-state index in [-0.39, 0.29) is 0 Å². The number of fused-ring (bicyclic) bond motifs is 1. The van der Waals surface area contributed by atoms with Crippen LogP contribution in [0.25, 0.3) is 10.9 Å². The van der Waals surface area contributed by atoms with Crippen molar-refractivity contribution in [2.24, 2.45) is 0 Å². The van der Waals surface area contributed by atoms with Gasteiger partial charge in [-0.1, -0.05) is 18.2 Å². The van der Waals surface area contributed by atoms with Gasteiger partial charge in [0.05, 0.1) is 12.1 Å². The molecule has 0 spiro atoms. The number of para-hydroxylation sites is 1. The van der Waals surface area contributed by atoms with E-state index in [0.29, 0.717) is 0 Å². The van der Waals surface area contributed by atoms with Gasteiger partial charge in [-0.25, -0.2) is 4.98 Å². The Morgan fingerprint density at radius 1 is 1.22 bits per heavy atom. The highest BCUT2D eigenvalue weighted by atomic mass is 32.1. The third-order valence-electron chi connectivity index (χ3n) is 2.75. The molecule has 4 heteroatoms. The van der Waals surface area contributed by atoms with Crippen LogP contribution in [0.1, 0.15) is 10.7 Å². The van der Waals surface area contributed by atoms with Crippen LogP contribution >= 0.6 is 11.3 Å². The average molecular weight is 255 g/mol. The zero-order valence-electron chi connectivity index (χ0n) is 10.1. The van der Waals surface area contributed by atoms with Gasteiger partial charge in [0.1, 0.15) is 5.01 Å². The first-order valence-electron chi connectivity index (χ1n) is 5.81. The molecule has 0 atom stereocenters. The first-order chi connectivity index (χ1) is 8.83. The summed E-state index contributed by atoms with van der Waals surface area (Å²) in [6, 6.07) is 10.1. The molecule has 18 heavy (non-hydrogen) atoms. The number of anilines is 1. The zero-order valence-corrected chi connectivity index (χ0v) is 10.9. The van der Waals surface area contributed by atoms with Gasteiger partial charge in [-0.3, -0.25) is 4.98 Å². The Morgan fingerprint density at radius 2 is 2.11 bits per heavy atom. The number of thiazole rings is 1. The van der Waals surface area contributed by atoms with Crippen molar-refractivity contribution in [3.8, 4) is 0 Å². The number of hydrogen-bond acceptors (Lipinski definition) is 4. The lowest BCUT2D eigenvalue weighted by Crippen LogP contribution is -2.00. The highest BCUT2D eigenvalue weighted by Crippen LogP contribution is 2.22. The molecule has 3 nitrogen and oxygen atoms in total. The average Bonchev–Trinajstić information content (AvgIpc) is 2.82. The van der Waals surface area contributed by atoms with E-state index in [9.17, 15) is 0 Å². The minimum Gasteiger partial charge on any atom is -0.378 e. The van der Waals surface area contributed by atoms with Gasteiger partial charge in [0.2, 0.25) is 0 Å². The second-order valence-corrected chi connectivity index (χ2v) is 5.05. The molecule has 0 saturated heterocycles. The highest BCUT2D eigenvalue weighted by Gasteiger charge is 2.02. The van der Waals surface area contributed by atoms with Crippen molar-refractivity contribution in [2.75, 3.05) is 5.32 Å². The van der Waals surface area contributed by atoms with E-state index in [4.69, 9.17) is 0 Å². The zero-order chi connectivity index (χ0) is 12.4. The number of rotatable bonds is 3. The fraction of sp³-hybridized carbons (Fsp3) is 0.143. The number of hydrogen-bond donors (Lipinski definition) is 1. The SMILES string of the molecule is Cc1csc(CNc2ccnc3ccccc23)n1. The summed E-state index contributed by atoms with van der Waals surface area (Å²) in [7, 11) is 0. The first-order valence-corrected chi connectivity index (χ1v) is 6.69. The van der Waals surface area contributed by atoms with Crippen molar-refractivity contribution in [2.45, 2.75) is 13.5 Å². The minimum absolute atomic E-state index is 0.756. The van der Waals surface area contributed by atoms with E-state index in [1.165, 1.54) is 0 Å². The summed E-state index contributed by atoms with van der Waals surface area (Å²) >= 11 is 1.68. The van der Waals surface area contributed by atoms with E-state index in [2.05, 4.69) is 26.7 Å². The number of pyridine rings is 1. The molecule has 2 aromatic heterocycles. The molecule has 0 aliphatic rings. The van der Waals surface area contributed by atoms with Crippen molar-refractivity contribution < 1.29 is 0 Å². The molecular formula is C14H13N3S. The van der Waals surface area contributed by atoms with Gasteiger partial charge >= 0.3 is 0 Å². The monoisotopic (exact) mass is 255 g/mol. The van der Waals surface area contributed by atoms with E-state index in [1.807, 2.05) is 37.4 Å². The Morgan fingerprint density at radius 3 is 2.94 bits per heavy atom. The molecular weight excluding hydrogens is 242 g/mol. The van der Waals surface area contributed by atoms with Gasteiger partial charge in [-0.05, 0) is 19.1 Å². The molecule has 3 aromatic rings. The molecule has 0 unspecified atom stereocenters. The van der Waals surface area contributed by atoms with Crippen molar-refractivity contribution in [3.63, 3.8) is 0 Å². The molecule has 0 bridgehead atoms. The van der Waals surface area contributed by atoms with Gasteiger partial charge in [-0.2, -0.15) is 0 Å². The fourth-order valence-corrected chi connectivity index (χ4v) is 2.62. The second-order valence-electron chi connectivity index (χ2n) is 4.11. The molecule has 0 saturated carbocycles. The molecule has 0 radical (unpaired) electrons. The minimum atomic E-state index is 0.756. The summed E-state index contributed by atoms with van der Waals surface area (Å²) in [5.74, 6) is 0. The van der Waals surface area contributed by atoms with Gasteiger partial charge in [0.25, 0.3) is 0 Å². The summed E-state index contributed by atoms with van der Waals surface area (Å²) in [5, 5.41) is 7.75. The molecule has 1 N–H and O–H groups in total. The van der Waals surface area contributed by atoms with Crippen LogP contribution in [0.4, 0.5) is 5.69 Å². The first kappa shape index (κ1) is 11.2. The van der Waals surface area contributed by atoms with Crippen molar-refractivity contribution >= 4 is 27.9 Å². The maximum absolute atomic E-state index is 4.45. The van der Waals surface area contributed by atoms with Crippen LogP contribution in [0.15, 0.2) is 41.9 Å². The molecule has 3 rings (SSSR count). The Balaban J connectivity index is 1.86. The summed E-state index contributed by atoms with van der Waals surface area (Å²) in [6.45, 7) is 2.77. The largest absolute Gasteiger partial charge is 0.378 e. The molecule has 1 aromatic carbocycles. The van der Waals surface area contributed by atoms with Crippen LogP contribution in [0.2, 0.25) is 0 Å². The third kappa shape index (κ3) is 2.19. The molecule has 0 fully saturated rings. The number of aryl methyl sites for hydroxylation is 1. The Bertz CT molecular complexity index is 670. The van der Waals surface area contributed by atoms with Gasteiger partial charge < -0.3 is 5.32 Å². The summed E-state index contributed by atoms with van der Waals surface area (Å²) in [4.78, 5) is 8.79. The van der Waals surface area contributed by atoms with Crippen LogP contribution in [-0.2, 0) is 6.54 Å². The number of aromatic nitrogens is 2. The van der Waals surface area contributed by atoms with Gasteiger partial charge in [-0.15, -0.1) is 11.3 Å². The van der Waals surface area contributed by atoms with Crippen molar-refractivity contribution in [1.29, 1.82) is 0 Å². The molecule has 90 valence electrons. The lowest BCUT2D eigenvalue weighted by atomic mass is 10.2. The summed E-state index contributed by atoms with van der Waals surface area (Å²) in [5.41, 5.74) is 3.20. The molecule has 0 amide bonds. The Labute approximate surface area is 110 Å². The number of nitrogens with zero attached hydrogens (tertiary/aromatic N) is 2. The lowest BCUT2D eigenvalue weighted by molar-refractivity contribution is 1.08. The molecule has 0 aliphatic heterocycles. The second kappa shape index (κ2) is 4.74. The predicted molar refractivity (Wildman–Crippen MR) is 75.9 cm³/mol. The Hall–Kier alpha value is -1.94. The van der Waals surface area contributed by atoms with E-state index in [0.717, 1.165) is 33.8 Å². The van der Waals surface area contributed by atoms with Crippen LogP contribution in [-0.4, -0.2) is 9.97 Å². The van der Waals surface area contributed by atoms with Crippen LogP contribution in [0, 0.1) is 6.92 Å². The number of nitrogens with one attached hydrogen (secondary N) is 1. The van der Waals surface area contributed by atoms with E-state index in [1.54, 1.807) is 11.3 Å². The van der Waals surface area contributed by atoms with E-state index < -0.39 is 0 Å². The molecule has 2 heterocycles. The normalized spacial score (nSPS) is 10.7.